The Kier molecular flexibility index (Phi) is 3.76. The fourth-order valence-electron chi connectivity index (χ4n) is 2.26. The van der Waals surface area contributed by atoms with Crippen LogP contribution >= 0.6 is 11.6 Å². The third-order valence-electron chi connectivity index (χ3n) is 3.14. The highest BCUT2D eigenvalue weighted by Gasteiger charge is 2.27. The van der Waals surface area contributed by atoms with E-state index in [0.717, 1.165) is 19.3 Å². The van der Waals surface area contributed by atoms with Crippen LogP contribution in [0.5, 0.6) is 0 Å². The van der Waals surface area contributed by atoms with Gasteiger partial charge in [0.05, 0.1) is 5.02 Å². The third kappa shape index (κ3) is 3.00. The van der Waals surface area contributed by atoms with Crippen molar-refractivity contribution in [3.63, 3.8) is 0 Å². The van der Waals surface area contributed by atoms with Crippen LogP contribution in [-0.2, 0) is 10.0 Å². The minimum absolute atomic E-state index is 0.0475. The van der Waals surface area contributed by atoms with Gasteiger partial charge in [0.25, 0.3) is 0 Å². The SMILES string of the molecule is CC1CCC(NS(=O)(=O)c2ccccc2Cl)C1. The normalized spacial score (nSPS) is 25.1. The molecule has 0 amide bonds. The van der Waals surface area contributed by atoms with Gasteiger partial charge in [-0.05, 0) is 37.3 Å². The van der Waals surface area contributed by atoms with Crippen molar-refractivity contribution < 1.29 is 8.42 Å². The third-order valence-corrected chi connectivity index (χ3v) is 5.16. The van der Waals surface area contributed by atoms with E-state index in [4.69, 9.17) is 11.6 Å². The van der Waals surface area contributed by atoms with Gasteiger partial charge in [0, 0.05) is 6.04 Å². The van der Waals surface area contributed by atoms with Crippen LogP contribution in [-0.4, -0.2) is 14.5 Å². The average molecular weight is 274 g/mol. The topological polar surface area (TPSA) is 46.2 Å². The van der Waals surface area contributed by atoms with Crippen molar-refractivity contribution in [3.8, 4) is 0 Å². The highest BCUT2D eigenvalue weighted by Crippen LogP contribution is 2.27. The van der Waals surface area contributed by atoms with E-state index in [2.05, 4.69) is 11.6 Å². The summed E-state index contributed by atoms with van der Waals surface area (Å²) in [4.78, 5) is 0.168. The Morgan fingerprint density at radius 3 is 2.59 bits per heavy atom. The molecule has 1 saturated carbocycles. The molecule has 0 spiro atoms. The summed E-state index contributed by atoms with van der Waals surface area (Å²) >= 11 is 5.90. The maximum absolute atomic E-state index is 12.1. The number of halogens is 1. The van der Waals surface area contributed by atoms with E-state index in [9.17, 15) is 8.42 Å². The summed E-state index contributed by atoms with van der Waals surface area (Å²) in [5.74, 6) is 0.592. The standard InChI is InChI=1S/C12H16ClNO2S/c1-9-6-7-10(8-9)14-17(15,16)12-5-3-2-4-11(12)13/h2-5,9-10,14H,6-8H2,1H3. The monoisotopic (exact) mass is 273 g/mol. The summed E-state index contributed by atoms with van der Waals surface area (Å²) in [6.45, 7) is 2.14. The van der Waals surface area contributed by atoms with Gasteiger partial charge in [-0.15, -0.1) is 0 Å². The largest absolute Gasteiger partial charge is 0.242 e. The Balaban J connectivity index is 2.17. The van der Waals surface area contributed by atoms with E-state index in [0.29, 0.717) is 5.92 Å². The molecule has 0 radical (unpaired) electrons. The first-order valence-electron chi connectivity index (χ1n) is 5.76. The lowest BCUT2D eigenvalue weighted by Gasteiger charge is -2.13. The Morgan fingerprint density at radius 1 is 1.29 bits per heavy atom. The zero-order valence-corrected chi connectivity index (χ0v) is 11.3. The van der Waals surface area contributed by atoms with Gasteiger partial charge in [-0.1, -0.05) is 30.7 Å². The number of rotatable bonds is 3. The lowest BCUT2D eigenvalue weighted by Crippen LogP contribution is -2.33. The van der Waals surface area contributed by atoms with Crippen molar-refractivity contribution in [2.24, 2.45) is 5.92 Å². The van der Waals surface area contributed by atoms with Gasteiger partial charge < -0.3 is 0 Å². The maximum Gasteiger partial charge on any atom is 0.242 e. The second-order valence-electron chi connectivity index (χ2n) is 4.67. The average Bonchev–Trinajstić information content (AvgIpc) is 2.63. The van der Waals surface area contributed by atoms with E-state index in [1.54, 1.807) is 18.2 Å². The van der Waals surface area contributed by atoms with Gasteiger partial charge in [-0.25, -0.2) is 13.1 Å². The summed E-state index contributed by atoms with van der Waals surface area (Å²) in [6.07, 6.45) is 2.89. The van der Waals surface area contributed by atoms with Gasteiger partial charge in [-0.2, -0.15) is 0 Å². The summed E-state index contributed by atoms with van der Waals surface area (Å²) in [5.41, 5.74) is 0. The van der Waals surface area contributed by atoms with Gasteiger partial charge >= 0.3 is 0 Å². The summed E-state index contributed by atoms with van der Waals surface area (Å²) in [7, 11) is -3.48. The lowest BCUT2D eigenvalue weighted by molar-refractivity contribution is 0.538. The molecule has 2 rings (SSSR count). The summed E-state index contributed by atoms with van der Waals surface area (Å²) < 4.78 is 27.0. The smallest absolute Gasteiger partial charge is 0.208 e. The van der Waals surface area contributed by atoms with Gasteiger partial charge in [0.2, 0.25) is 10.0 Å². The van der Waals surface area contributed by atoms with E-state index in [1.165, 1.54) is 6.07 Å². The van der Waals surface area contributed by atoms with E-state index in [-0.39, 0.29) is 16.0 Å². The number of hydrogen-bond donors (Lipinski definition) is 1. The van der Waals surface area contributed by atoms with Crippen LogP contribution < -0.4 is 4.72 Å². The predicted molar refractivity (Wildman–Crippen MR) is 68.6 cm³/mol. The highest BCUT2D eigenvalue weighted by molar-refractivity contribution is 7.89. The molecule has 1 fully saturated rings. The molecule has 1 aliphatic carbocycles. The zero-order valence-electron chi connectivity index (χ0n) is 9.69. The molecule has 0 bridgehead atoms. The van der Waals surface area contributed by atoms with Crippen molar-refractivity contribution in [2.75, 3.05) is 0 Å². The molecule has 1 aromatic carbocycles. The molecule has 94 valence electrons. The molecule has 17 heavy (non-hydrogen) atoms. The van der Waals surface area contributed by atoms with Gasteiger partial charge in [0.15, 0.2) is 0 Å². The number of benzene rings is 1. The molecule has 0 aromatic heterocycles. The predicted octanol–water partition coefficient (Wildman–Crippen LogP) is 2.81. The zero-order chi connectivity index (χ0) is 12.5. The van der Waals surface area contributed by atoms with Crippen molar-refractivity contribution in [1.29, 1.82) is 0 Å². The van der Waals surface area contributed by atoms with Crippen LogP contribution in [0.4, 0.5) is 0 Å². The summed E-state index contributed by atoms with van der Waals surface area (Å²) in [5, 5.41) is 0.269. The fourth-order valence-corrected chi connectivity index (χ4v) is 4.06. The highest BCUT2D eigenvalue weighted by atomic mass is 35.5. The minimum atomic E-state index is -3.48. The lowest BCUT2D eigenvalue weighted by atomic mass is 10.1. The maximum atomic E-state index is 12.1. The van der Waals surface area contributed by atoms with E-state index >= 15 is 0 Å². The molecule has 0 aliphatic heterocycles. The van der Waals surface area contributed by atoms with Crippen LogP contribution in [0.2, 0.25) is 5.02 Å². The summed E-state index contributed by atoms with van der Waals surface area (Å²) in [6, 6.07) is 6.57. The Labute approximate surface area is 107 Å². The van der Waals surface area contributed by atoms with Crippen molar-refractivity contribution in [2.45, 2.75) is 37.1 Å². The first-order chi connectivity index (χ1) is 7.99. The first kappa shape index (κ1) is 12.9. The second-order valence-corrected chi connectivity index (χ2v) is 6.76. The molecule has 3 nitrogen and oxygen atoms in total. The molecular weight excluding hydrogens is 258 g/mol. The van der Waals surface area contributed by atoms with E-state index in [1.807, 2.05) is 0 Å². The fraction of sp³-hybridized carbons (Fsp3) is 0.500. The molecule has 5 heteroatoms. The Hall–Kier alpha value is -0.580. The van der Waals surface area contributed by atoms with Crippen molar-refractivity contribution in [3.05, 3.63) is 29.3 Å². The Bertz CT molecular complexity index is 501. The van der Waals surface area contributed by atoms with Crippen molar-refractivity contribution >= 4 is 21.6 Å². The number of hydrogen-bond acceptors (Lipinski definition) is 2. The quantitative estimate of drug-likeness (QED) is 0.920. The van der Waals surface area contributed by atoms with Crippen LogP contribution in [0.1, 0.15) is 26.2 Å². The van der Waals surface area contributed by atoms with Gasteiger partial charge in [-0.3, -0.25) is 0 Å². The molecule has 2 unspecified atom stereocenters. The molecule has 0 saturated heterocycles. The molecular formula is C12H16ClNO2S. The second kappa shape index (κ2) is 4.96. The van der Waals surface area contributed by atoms with E-state index < -0.39 is 10.0 Å². The molecule has 2 atom stereocenters. The Morgan fingerprint density at radius 2 is 2.00 bits per heavy atom. The molecule has 1 N–H and O–H groups in total. The van der Waals surface area contributed by atoms with Crippen LogP contribution in [0, 0.1) is 5.92 Å². The van der Waals surface area contributed by atoms with Crippen molar-refractivity contribution in [1.82, 2.24) is 4.72 Å². The molecule has 1 aromatic rings. The van der Waals surface area contributed by atoms with Crippen LogP contribution in [0.15, 0.2) is 29.2 Å². The first-order valence-corrected chi connectivity index (χ1v) is 7.62. The van der Waals surface area contributed by atoms with Crippen LogP contribution in [0.25, 0.3) is 0 Å². The van der Waals surface area contributed by atoms with Gasteiger partial charge in [0.1, 0.15) is 4.90 Å². The number of sulfonamides is 1. The molecule has 1 aliphatic rings. The number of nitrogens with one attached hydrogen (secondary N) is 1. The minimum Gasteiger partial charge on any atom is -0.208 e. The van der Waals surface area contributed by atoms with Crippen LogP contribution in [0.3, 0.4) is 0 Å². The molecule has 0 heterocycles.